The molecule has 2 aromatic rings. The molecule has 3 unspecified atom stereocenters. The Morgan fingerprint density at radius 2 is 1.59 bits per heavy atom. The molecular formula is C27H36O12. The highest BCUT2D eigenvalue weighted by molar-refractivity contribution is 5.62. The van der Waals surface area contributed by atoms with Crippen LogP contribution >= 0.6 is 0 Å². The molecule has 1 heterocycles. The van der Waals surface area contributed by atoms with E-state index in [1.165, 1.54) is 27.4 Å². The van der Waals surface area contributed by atoms with E-state index in [0.717, 1.165) is 5.56 Å². The van der Waals surface area contributed by atoms with Gasteiger partial charge in [0.25, 0.3) is 0 Å². The molecule has 1 saturated heterocycles. The molecule has 1 aliphatic heterocycles. The lowest BCUT2D eigenvalue weighted by atomic mass is 9.66. The Morgan fingerprint density at radius 1 is 0.872 bits per heavy atom. The number of hydrogen-bond acceptors (Lipinski definition) is 12. The molecule has 8 atom stereocenters. The van der Waals surface area contributed by atoms with Crippen molar-refractivity contribution in [2.75, 3.05) is 41.2 Å². The van der Waals surface area contributed by atoms with E-state index < -0.39 is 49.1 Å². The first kappa shape index (κ1) is 29.2. The molecule has 0 aromatic heterocycles. The van der Waals surface area contributed by atoms with Gasteiger partial charge in [-0.05, 0) is 47.6 Å². The maximum Gasteiger partial charge on any atom is 0.201 e. The van der Waals surface area contributed by atoms with Crippen LogP contribution in [0, 0.1) is 11.8 Å². The van der Waals surface area contributed by atoms with Crippen LogP contribution in [0.1, 0.15) is 22.6 Å². The highest BCUT2D eigenvalue weighted by Crippen LogP contribution is 2.53. The Hall–Kier alpha value is -2.84. The van der Waals surface area contributed by atoms with Crippen LogP contribution in [0.4, 0.5) is 0 Å². The smallest absolute Gasteiger partial charge is 0.201 e. The maximum atomic E-state index is 10.9. The number of ether oxygens (including phenoxy) is 5. The Bertz CT molecular complexity index is 1140. The van der Waals surface area contributed by atoms with Crippen LogP contribution in [0.5, 0.6) is 28.7 Å². The second-order valence-corrected chi connectivity index (χ2v) is 9.78. The molecule has 39 heavy (non-hydrogen) atoms. The summed E-state index contributed by atoms with van der Waals surface area (Å²) < 4.78 is 27.8. The summed E-state index contributed by atoms with van der Waals surface area (Å²) in [5.41, 5.74) is 2.05. The zero-order valence-corrected chi connectivity index (χ0v) is 21.9. The van der Waals surface area contributed by atoms with Gasteiger partial charge in [0.1, 0.15) is 24.4 Å². The molecule has 0 amide bonds. The van der Waals surface area contributed by atoms with E-state index in [1.807, 2.05) is 0 Å². The van der Waals surface area contributed by atoms with Gasteiger partial charge in [0, 0.05) is 18.1 Å². The van der Waals surface area contributed by atoms with Crippen molar-refractivity contribution in [3.05, 3.63) is 41.0 Å². The molecule has 0 radical (unpaired) electrons. The van der Waals surface area contributed by atoms with E-state index >= 15 is 0 Å². The average Bonchev–Trinajstić information content (AvgIpc) is 2.95. The van der Waals surface area contributed by atoms with E-state index in [1.54, 1.807) is 18.2 Å². The molecule has 2 aliphatic rings. The van der Waals surface area contributed by atoms with Crippen molar-refractivity contribution in [3.8, 4) is 28.7 Å². The van der Waals surface area contributed by atoms with Crippen LogP contribution in [0.3, 0.4) is 0 Å². The van der Waals surface area contributed by atoms with Crippen LogP contribution in [0.15, 0.2) is 24.3 Å². The summed E-state index contributed by atoms with van der Waals surface area (Å²) in [5, 5.41) is 71.9. The lowest BCUT2D eigenvalue weighted by Gasteiger charge is -2.43. The highest BCUT2D eigenvalue weighted by Gasteiger charge is 2.46. The minimum atomic E-state index is -1.61. The molecule has 0 spiro atoms. The van der Waals surface area contributed by atoms with Gasteiger partial charge in [-0.1, -0.05) is 6.07 Å². The summed E-state index contributed by atoms with van der Waals surface area (Å²) in [4.78, 5) is 0. The summed E-state index contributed by atoms with van der Waals surface area (Å²) in [7, 11) is 4.26. The fourth-order valence-corrected chi connectivity index (χ4v) is 5.63. The topological polar surface area (TPSA) is 188 Å². The first-order valence-corrected chi connectivity index (χ1v) is 12.6. The number of hydrogen-bond donors (Lipinski definition) is 7. The number of phenols is 2. The van der Waals surface area contributed by atoms with Crippen LogP contribution in [0.25, 0.3) is 0 Å². The number of phenolic OH excluding ortho intramolecular Hbond substituents is 2. The monoisotopic (exact) mass is 552 g/mol. The summed E-state index contributed by atoms with van der Waals surface area (Å²) in [6.07, 6.45) is -6.88. The van der Waals surface area contributed by atoms with Gasteiger partial charge in [0.15, 0.2) is 29.3 Å². The molecular weight excluding hydrogens is 516 g/mol. The number of aromatic hydroxyl groups is 2. The van der Waals surface area contributed by atoms with Gasteiger partial charge in [-0.3, -0.25) is 0 Å². The van der Waals surface area contributed by atoms with Gasteiger partial charge in [-0.15, -0.1) is 0 Å². The number of fused-ring (bicyclic) bond motifs is 1. The molecule has 12 heteroatoms. The summed E-state index contributed by atoms with van der Waals surface area (Å²) in [5.74, 6) is -1.13. The van der Waals surface area contributed by atoms with Crippen LogP contribution in [0.2, 0.25) is 0 Å². The molecule has 4 rings (SSSR count). The largest absolute Gasteiger partial charge is 0.504 e. The van der Waals surface area contributed by atoms with Gasteiger partial charge in [0.05, 0.1) is 34.5 Å². The molecule has 12 nitrogen and oxygen atoms in total. The predicted octanol–water partition coefficient (Wildman–Crippen LogP) is -0.147. The first-order chi connectivity index (χ1) is 18.7. The van der Waals surface area contributed by atoms with Crippen molar-refractivity contribution in [2.45, 2.75) is 43.0 Å². The molecule has 7 N–H and O–H groups in total. The normalized spacial score (nSPS) is 30.5. The lowest BCUT2D eigenvalue weighted by Crippen LogP contribution is -2.59. The zero-order valence-electron chi connectivity index (χ0n) is 21.9. The fraction of sp³-hybridized carbons (Fsp3) is 0.556. The fourth-order valence-electron chi connectivity index (χ4n) is 5.63. The van der Waals surface area contributed by atoms with E-state index in [-0.39, 0.29) is 47.9 Å². The highest BCUT2D eigenvalue weighted by atomic mass is 16.7. The van der Waals surface area contributed by atoms with E-state index in [9.17, 15) is 35.7 Å². The van der Waals surface area contributed by atoms with E-state index in [0.29, 0.717) is 17.5 Å². The van der Waals surface area contributed by atoms with Crippen molar-refractivity contribution in [1.82, 2.24) is 0 Å². The van der Waals surface area contributed by atoms with Gasteiger partial charge >= 0.3 is 0 Å². The number of aliphatic hydroxyl groups excluding tert-OH is 5. The molecule has 0 saturated carbocycles. The number of rotatable bonds is 9. The predicted molar refractivity (Wildman–Crippen MR) is 135 cm³/mol. The van der Waals surface area contributed by atoms with Crippen molar-refractivity contribution in [3.63, 3.8) is 0 Å². The van der Waals surface area contributed by atoms with E-state index in [2.05, 4.69) is 0 Å². The van der Waals surface area contributed by atoms with Gasteiger partial charge in [-0.25, -0.2) is 0 Å². The van der Waals surface area contributed by atoms with Crippen LogP contribution < -0.4 is 14.2 Å². The van der Waals surface area contributed by atoms with Crippen molar-refractivity contribution in [2.24, 2.45) is 11.8 Å². The first-order valence-electron chi connectivity index (χ1n) is 12.6. The Balaban J connectivity index is 1.80. The standard InChI is InChI=1S/C27H36O12/c1-35-17-7-12(4-5-16(17)30)20-15(11-38-27-25(34)24(33)22(31)19(10-29)39-27)14(9-28)6-13-8-18(36-2)23(32)26(37-3)21(13)20/h4-5,7-8,14-15,19-20,22,24-25,27-34H,6,9-11H2,1-3H3/t14?,15?,19-,20?,22-,24+,25-,27-/m1/s1. The van der Waals surface area contributed by atoms with Gasteiger partial charge < -0.3 is 59.4 Å². The number of aliphatic hydroxyl groups is 5. The summed E-state index contributed by atoms with van der Waals surface area (Å²) in [6, 6.07) is 6.50. The second kappa shape index (κ2) is 12.1. The quantitative estimate of drug-likeness (QED) is 0.218. The summed E-state index contributed by atoms with van der Waals surface area (Å²) in [6.45, 7) is -0.939. The Morgan fingerprint density at radius 3 is 2.21 bits per heavy atom. The van der Waals surface area contributed by atoms with Crippen molar-refractivity contribution >= 4 is 0 Å². The minimum absolute atomic E-state index is 0.0744. The molecule has 216 valence electrons. The molecule has 2 aromatic carbocycles. The third-order valence-electron chi connectivity index (χ3n) is 7.69. The van der Waals surface area contributed by atoms with Crippen LogP contribution in [-0.2, 0) is 15.9 Å². The molecule has 0 bridgehead atoms. The average molecular weight is 553 g/mol. The van der Waals surface area contributed by atoms with Gasteiger partial charge in [0.2, 0.25) is 5.75 Å². The Kier molecular flexibility index (Phi) is 9.07. The van der Waals surface area contributed by atoms with Crippen molar-refractivity contribution in [1.29, 1.82) is 0 Å². The maximum absolute atomic E-state index is 10.9. The lowest BCUT2D eigenvalue weighted by molar-refractivity contribution is -0.304. The van der Waals surface area contributed by atoms with E-state index in [4.69, 9.17) is 23.7 Å². The SMILES string of the molecule is COc1cc(C2c3c(cc(OC)c(O)c3OC)CC(CO)C2CO[C@@H]2O[C@H](CO)[C@@H](O)[C@H](O)[C@H]2O)ccc1O. The summed E-state index contributed by atoms with van der Waals surface area (Å²) >= 11 is 0. The number of methoxy groups -OCH3 is 3. The molecule has 1 aliphatic carbocycles. The van der Waals surface area contributed by atoms with Gasteiger partial charge in [-0.2, -0.15) is 0 Å². The third kappa shape index (κ3) is 5.33. The number of benzene rings is 2. The second-order valence-electron chi connectivity index (χ2n) is 9.78. The van der Waals surface area contributed by atoms with Crippen LogP contribution in [-0.4, -0.2) is 108 Å². The molecule has 1 fully saturated rings. The minimum Gasteiger partial charge on any atom is -0.504 e. The zero-order chi connectivity index (χ0) is 28.4. The Labute approximate surface area is 225 Å². The van der Waals surface area contributed by atoms with Crippen molar-refractivity contribution < 1.29 is 59.4 Å². The third-order valence-corrected chi connectivity index (χ3v) is 7.69.